The fraction of sp³-hybridized carbons (Fsp3) is 0.500. The van der Waals surface area contributed by atoms with Gasteiger partial charge in [0, 0.05) is 5.02 Å². The van der Waals surface area contributed by atoms with Gasteiger partial charge in [-0.25, -0.2) is 5.06 Å². The predicted molar refractivity (Wildman–Crippen MR) is 73.6 cm³/mol. The molecule has 0 unspecified atom stereocenters. The van der Waals surface area contributed by atoms with Gasteiger partial charge < -0.3 is 5.32 Å². The molecule has 4 nitrogen and oxygen atoms in total. The second-order valence-electron chi connectivity index (χ2n) is 5.37. The fourth-order valence-electron chi connectivity index (χ4n) is 3.08. The van der Waals surface area contributed by atoms with E-state index in [9.17, 15) is 10.0 Å². The van der Waals surface area contributed by atoms with Crippen LogP contribution in [-0.2, 0) is 0 Å². The first-order valence-electron chi connectivity index (χ1n) is 6.74. The van der Waals surface area contributed by atoms with Crippen molar-refractivity contribution in [3.63, 3.8) is 0 Å². The van der Waals surface area contributed by atoms with E-state index in [0.717, 1.165) is 38.5 Å². The quantitative estimate of drug-likeness (QED) is 0.766. The van der Waals surface area contributed by atoms with Gasteiger partial charge in [-0.05, 0) is 43.9 Å². The molecule has 1 heterocycles. The fourth-order valence-corrected chi connectivity index (χ4v) is 3.25. The summed E-state index contributed by atoms with van der Waals surface area (Å²) < 4.78 is 0. The molecule has 1 aromatic rings. The van der Waals surface area contributed by atoms with Gasteiger partial charge in [0.05, 0.1) is 11.3 Å². The number of carbonyl (C=O) groups excluding carboxylic acids is 1. The molecule has 102 valence electrons. The topological polar surface area (TPSA) is 52.6 Å². The number of fused-ring (bicyclic) bond motifs is 1. The number of halogens is 1. The Labute approximate surface area is 117 Å². The van der Waals surface area contributed by atoms with Crippen LogP contribution in [-0.4, -0.2) is 16.8 Å². The Kier molecular flexibility index (Phi) is 3.15. The van der Waals surface area contributed by atoms with Crippen molar-refractivity contribution < 1.29 is 10.0 Å². The van der Waals surface area contributed by atoms with Gasteiger partial charge >= 0.3 is 0 Å². The summed E-state index contributed by atoms with van der Waals surface area (Å²) in [6.45, 7) is 0. The van der Waals surface area contributed by atoms with E-state index in [0.29, 0.717) is 16.3 Å². The molecule has 1 spiro atoms. The van der Waals surface area contributed by atoms with Crippen molar-refractivity contribution in [2.24, 2.45) is 0 Å². The third-order valence-electron chi connectivity index (χ3n) is 4.11. The molecule has 1 aliphatic carbocycles. The van der Waals surface area contributed by atoms with Crippen LogP contribution >= 0.6 is 11.6 Å². The van der Waals surface area contributed by atoms with E-state index in [1.54, 1.807) is 18.2 Å². The molecule has 1 saturated carbocycles. The van der Waals surface area contributed by atoms with Crippen LogP contribution in [0.2, 0.25) is 5.02 Å². The number of rotatable bonds is 0. The Morgan fingerprint density at radius 3 is 2.58 bits per heavy atom. The highest BCUT2D eigenvalue weighted by molar-refractivity contribution is 6.31. The minimum atomic E-state index is -0.661. The van der Waals surface area contributed by atoms with Crippen molar-refractivity contribution >= 4 is 23.2 Å². The number of nitrogens with one attached hydrogen (secondary N) is 1. The number of hydrogen-bond donors (Lipinski definition) is 2. The lowest BCUT2D eigenvalue weighted by molar-refractivity contribution is 0.0661. The Hall–Kier alpha value is -1.26. The summed E-state index contributed by atoms with van der Waals surface area (Å²) in [6.07, 6.45) is 5.84. The van der Waals surface area contributed by atoms with Crippen LogP contribution in [0.1, 0.15) is 48.9 Å². The highest BCUT2D eigenvalue weighted by atomic mass is 35.5. The van der Waals surface area contributed by atoms with Gasteiger partial charge in [-0.15, -0.1) is 0 Å². The molecule has 0 radical (unpaired) electrons. The number of hydroxylamine groups is 1. The molecule has 0 atom stereocenters. The second-order valence-corrected chi connectivity index (χ2v) is 5.81. The number of carbonyl (C=O) groups is 1. The minimum Gasteiger partial charge on any atom is -0.327 e. The summed E-state index contributed by atoms with van der Waals surface area (Å²) >= 11 is 5.98. The third-order valence-corrected chi connectivity index (χ3v) is 4.35. The molecule has 2 N–H and O–H groups in total. The maximum absolute atomic E-state index is 12.2. The van der Waals surface area contributed by atoms with Crippen LogP contribution in [0, 0.1) is 0 Å². The van der Waals surface area contributed by atoms with Crippen molar-refractivity contribution in [1.82, 2.24) is 5.32 Å². The number of hydrogen-bond acceptors (Lipinski definition) is 3. The summed E-state index contributed by atoms with van der Waals surface area (Å²) in [4.78, 5) is 12.2. The zero-order valence-corrected chi connectivity index (χ0v) is 11.4. The van der Waals surface area contributed by atoms with Crippen molar-refractivity contribution in [3.8, 4) is 0 Å². The third kappa shape index (κ3) is 2.09. The maximum Gasteiger partial charge on any atom is 0.255 e. The average molecular weight is 281 g/mol. The van der Waals surface area contributed by atoms with Gasteiger partial charge in [-0.1, -0.05) is 24.4 Å². The lowest BCUT2D eigenvalue weighted by Crippen LogP contribution is -2.62. The molecule has 1 aliphatic heterocycles. The highest BCUT2D eigenvalue weighted by Gasteiger charge is 2.43. The van der Waals surface area contributed by atoms with Crippen LogP contribution in [0.25, 0.3) is 0 Å². The lowest BCUT2D eigenvalue weighted by atomic mass is 9.94. The molecule has 1 amide bonds. The Morgan fingerprint density at radius 2 is 1.89 bits per heavy atom. The monoisotopic (exact) mass is 280 g/mol. The molecule has 5 heteroatoms. The predicted octanol–water partition coefficient (Wildman–Crippen LogP) is 3.33. The molecule has 1 aromatic carbocycles. The van der Waals surface area contributed by atoms with E-state index in [1.807, 2.05) is 0 Å². The first-order chi connectivity index (χ1) is 9.12. The largest absolute Gasteiger partial charge is 0.327 e. The SMILES string of the molecule is O=C1NC2(CCCCCC2)N(O)c2cc(Cl)ccc21. The summed E-state index contributed by atoms with van der Waals surface area (Å²) in [5.74, 6) is -0.126. The van der Waals surface area contributed by atoms with Crippen molar-refractivity contribution in [3.05, 3.63) is 28.8 Å². The molecule has 0 aromatic heterocycles. The van der Waals surface area contributed by atoms with Crippen molar-refractivity contribution in [2.45, 2.75) is 44.2 Å². The first-order valence-corrected chi connectivity index (χ1v) is 7.11. The first kappa shape index (κ1) is 12.8. The minimum absolute atomic E-state index is 0.126. The van der Waals surface area contributed by atoms with Gasteiger partial charge in [-0.3, -0.25) is 10.0 Å². The van der Waals surface area contributed by atoms with E-state index in [-0.39, 0.29) is 5.91 Å². The molecule has 2 aliphatic rings. The molecule has 3 rings (SSSR count). The zero-order chi connectivity index (χ0) is 13.5. The zero-order valence-electron chi connectivity index (χ0n) is 10.7. The molecular formula is C14H17ClN2O2. The number of nitrogens with zero attached hydrogens (tertiary/aromatic N) is 1. The van der Waals surface area contributed by atoms with Crippen LogP contribution in [0.5, 0.6) is 0 Å². The number of amides is 1. The van der Waals surface area contributed by atoms with Crippen LogP contribution in [0.4, 0.5) is 5.69 Å². The van der Waals surface area contributed by atoms with Gasteiger partial charge in [0.1, 0.15) is 5.66 Å². The van der Waals surface area contributed by atoms with Gasteiger partial charge in [0.2, 0.25) is 0 Å². The van der Waals surface area contributed by atoms with E-state index >= 15 is 0 Å². The summed E-state index contributed by atoms with van der Waals surface area (Å²) in [7, 11) is 0. The van der Waals surface area contributed by atoms with Gasteiger partial charge in [0.15, 0.2) is 0 Å². The molecule has 1 fully saturated rings. The van der Waals surface area contributed by atoms with Crippen molar-refractivity contribution in [1.29, 1.82) is 0 Å². The standard InChI is InChI=1S/C14H17ClN2O2/c15-10-5-6-11-12(9-10)17(19)14(16-13(11)18)7-3-1-2-4-8-14/h5-6,9,19H,1-4,7-8H2,(H,16,18). The summed E-state index contributed by atoms with van der Waals surface area (Å²) in [5.41, 5.74) is 0.325. The highest BCUT2D eigenvalue weighted by Crippen LogP contribution is 2.38. The Morgan fingerprint density at radius 1 is 1.21 bits per heavy atom. The average Bonchev–Trinajstić information content (AvgIpc) is 2.62. The summed E-state index contributed by atoms with van der Waals surface area (Å²) in [6, 6.07) is 4.97. The smallest absolute Gasteiger partial charge is 0.255 e. The van der Waals surface area contributed by atoms with Crippen LogP contribution in [0.3, 0.4) is 0 Å². The molecule has 19 heavy (non-hydrogen) atoms. The van der Waals surface area contributed by atoms with Crippen LogP contribution < -0.4 is 10.4 Å². The lowest BCUT2D eigenvalue weighted by Gasteiger charge is -2.45. The van der Waals surface area contributed by atoms with E-state index in [1.165, 1.54) is 5.06 Å². The van der Waals surface area contributed by atoms with Crippen LogP contribution in [0.15, 0.2) is 18.2 Å². The Balaban J connectivity index is 2.05. The van der Waals surface area contributed by atoms with E-state index in [4.69, 9.17) is 11.6 Å². The number of anilines is 1. The van der Waals surface area contributed by atoms with E-state index < -0.39 is 5.66 Å². The molecular weight excluding hydrogens is 264 g/mol. The second kappa shape index (κ2) is 4.69. The normalized spacial score (nSPS) is 21.8. The van der Waals surface area contributed by atoms with E-state index in [2.05, 4.69) is 5.32 Å². The number of benzene rings is 1. The Bertz CT molecular complexity index is 510. The summed E-state index contributed by atoms with van der Waals surface area (Å²) in [5, 5.41) is 15.3. The maximum atomic E-state index is 12.2. The van der Waals surface area contributed by atoms with Gasteiger partial charge in [0.25, 0.3) is 5.91 Å². The molecule has 0 bridgehead atoms. The van der Waals surface area contributed by atoms with Crippen molar-refractivity contribution in [2.75, 3.05) is 5.06 Å². The molecule has 0 saturated heterocycles. The van der Waals surface area contributed by atoms with Gasteiger partial charge in [-0.2, -0.15) is 0 Å².